The fraction of sp³-hybridized carbons (Fsp3) is 0.333. The predicted molar refractivity (Wildman–Crippen MR) is 85.0 cm³/mol. The molecule has 4 heteroatoms. The highest BCUT2D eigenvalue weighted by molar-refractivity contribution is 9.10. The van der Waals surface area contributed by atoms with Gasteiger partial charge in [0.25, 0.3) is 0 Å². The second-order valence-electron chi connectivity index (χ2n) is 4.56. The molecule has 2 nitrogen and oxygen atoms in total. The zero-order valence-corrected chi connectivity index (χ0v) is 13.6. The zero-order valence-electron chi connectivity index (χ0n) is 11.2. The van der Waals surface area contributed by atoms with Gasteiger partial charge < -0.3 is 10.5 Å². The molecule has 0 aliphatic heterocycles. The van der Waals surface area contributed by atoms with E-state index in [2.05, 4.69) is 41.1 Å². The van der Waals surface area contributed by atoms with Crippen molar-refractivity contribution in [3.63, 3.8) is 0 Å². The van der Waals surface area contributed by atoms with Crippen LogP contribution in [0.15, 0.2) is 34.8 Å². The maximum atomic E-state index is 6.27. The molecular weight excluding hydrogens is 322 g/mol. The summed E-state index contributed by atoms with van der Waals surface area (Å²) in [6.45, 7) is 2.11. The lowest BCUT2D eigenvalue weighted by molar-refractivity contribution is 0.414. The van der Waals surface area contributed by atoms with Crippen molar-refractivity contribution in [3.8, 4) is 5.75 Å². The highest BCUT2D eigenvalue weighted by Gasteiger charge is 2.13. The minimum atomic E-state index is 0.0928. The number of halogens is 1. The number of methoxy groups -OCH3 is 1. The van der Waals surface area contributed by atoms with Crippen LogP contribution in [-0.4, -0.2) is 7.11 Å². The van der Waals surface area contributed by atoms with Crippen LogP contribution in [0.4, 0.5) is 0 Å². The molecule has 19 heavy (non-hydrogen) atoms. The van der Waals surface area contributed by atoms with Crippen LogP contribution in [0.1, 0.15) is 27.8 Å². The molecule has 0 aliphatic carbocycles. The van der Waals surface area contributed by atoms with Gasteiger partial charge in [0.1, 0.15) is 5.75 Å². The molecule has 2 aromatic rings. The molecule has 0 bridgehead atoms. The molecule has 2 rings (SSSR count). The van der Waals surface area contributed by atoms with E-state index in [0.29, 0.717) is 0 Å². The molecule has 2 N–H and O–H groups in total. The van der Waals surface area contributed by atoms with Gasteiger partial charge in [-0.1, -0.05) is 12.1 Å². The van der Waals surface area contributed by atoms with Gasteiger partial charge in [-0.2, -0.15) is 0 Å². The molecular formula is C15H18BrNOS. The molecule has 1 aromatic heterocycles. The summed E-state index contributed by atoms with van der Waals surface area (Å²) >= 11 is 5.35. The van der Waals surface area contributed by atoms with Crippen molar-refractivity contribution in [2.45, 2.75) is 25.8 Å². The first kappa shape index (κ1) is 14.6. The van der Waals surface area contributed by atoms with Gasteiger partial charge in [-0.3, -0.25) is 0 Å². The number of rotatable bonds is 5. The maximum absolute atomic E-state index is 6.27. The van der Waals surface area contributed by atoms with E-state index in [-0.39, 0.29) is 6.04 Å². The van der Waals surface area contributed by atoms with Crippen LogP contribution in [0.2, 0.25) is 0 Å². The Balaban J connectivity index is 1.96. The molecule has 0 fully saturated rings. The van der Waals surface area contributed by atoms with E-state index in [4.69, 9.17) is 10.5 Å². The fourth-order valence-electron chi connectivity index (χ4n) is 2.00. The van der Waals surface area contributed by atoms with Crippen LogP contribution in [0.5, 0.6) is 5.75 Å². The molecule has 1 unspecified atom stereocenters. The Morgan fingerprint density at radius 3 is 2.53 bits per heavy atom. The summed E-state index contributed by atoms with van der Waals surface area (Å²) in [5, 5.41) is 0. The first-order valence-electron chi connectivity index (χ1n) is 6.24. The van der Waals surface area contributed by atoms with Crippen LogP contribution < -0.4 is 10.5 Å². The van der Waals surface area contributed by atoms with Crippen molar-refractivity contribution in [3.05, 3.63) is 50.1 Å². The molecule has 0 aliphatic rings. The number of hydrogen-bond donors (Lipinski definition) is 1. The third-order valence-electron chi connectivity index (χ3n) is 3.08. The summed E-state index contributed by atoms with van der Waals surface area (Å²) in [4.78, 5) is 2.53. The maximum Gasteiger partial charge on any atom is 0.118 e. The Labute approximate surface area is 126 Å². The van der Waals surface area contributed by atoms with Gasteiger partial charge >= 0.3 is 0 Å². The Morgan fingerprint density at radius 1 is 1.32 bits per heavy atom. The Morgan fingerprint density at radius 2 is 2.00 bits per heavy atom. The zero-order chi connectivity index (χ0) is 13.8. The second kappa shape index (κ2) is 6.55. The highest BCUT2D eigenvalue weighted by atomic mass is 79.9. The summed E-state index contributed by atoms with van der Waals surface area (Å²) < 4.78 is 6.29. The number of aryl methyl sites for hydroxylation is 2. The monoisotopic (exact) mass is 339 g/mol. The first-order valence-corrected chi connectivity index (χ1v) is 7.85. The van der Waals surface area contributed by atoms with Crippen molar-refractivity contribution in [2.75, 3.05) is 7.11 Å². The molecule has 1 heterocycles. The van der Waals surface area contributed by atoms with Gasteiger partial charge in [-0.25, -0.2) is 0 Å². The molecule has 0 spiro atoms. The van der Waals surface area contributed by atoms with E-state index in [1.807, 2.05) is 12.1 Å². The average molecular weight is 340 g/mol. The summed E-state index contributed by atoms with van der Waals surface area (Å²) in [6, 6.07) is 10.4. The summed E-state index contributed by atoms with van der Waals surface area (Å²) in [6.07, 6.45) is 1.93. The first-order chi connectivity index (χ1) is 9.10. The SMILES string of the molecule is COc1ccc(CCC(N)c2sc(C)cc2Br)cc1. The highest BCUT2D eigenvalue weighted by Crippen LogP contribution is 2.33. The molecule has 0 saturated carbocycles. The topological polar surface area (TPSA) is 35.2 Å². The third-order valence-corrected chi connectivity index (χ3v) is 5.18. The Bertz CT molecular complexity index is 536. The van der Waals surface area contributed by atoms with Gasteiger partial charge in [0.05, 0.1) is 7.11 Å². The molecule has 1 aromatic carbocycles. The molecule has 1 atom stereocenters. The largest absolute Gasteiger partial charge is 0.497 e. The minimum Gasteiger partial charge on any atom is -0.497 e. The van der Waals surface area contributed by atoms with Gasteiger partial charge in [0.15, 0.2) is 0 Å². The lowest BCUT2D eigenvalue weighted by Crippen LogP contribution is -2.10. The number of hydrogen-bond acceptors (Lipinski definition) is 3. The minimum absolute atomic E-state index is 0.0928. The lowest BCUT2D eigenvalue weighted by Gasteiger charge is -2.10. The Hall–Kier alpha value is -0.840. The summed E-state index contributed by atoms with van der Waals surface area (Å²) in [5.74, 6) is 0.893. The van der Waals surface area contributed by atoms with Crippen molar-refractivity contribution in [1.29, 1.82) is 0 Å². The standard InChI is InChI=1S/C15H18BrNOS/c1-10-9-13(16)15(19-10)14(17)8-5-11-3-6-12(18-2)7-4-11/h3-4,6-7,9,14H,5,8,17H2,1-2H3. The van der Waals surface area contributed by atoms with Crippen LogP contribution in [0, 0.1) is 6.92 Å². The Kier molecular flexibility index (Phi) is 5.02. The summed E-state index contributed by atoms with van der Waals surface area (Å²) in [7, 11) is 1.68. The smallest absolute Gasteiger partial charge is 0.118 e. The fourth-order valence-corrected chi connectivity index (χ4v) is 3.98. The van der Waals surface area contributed by atoms with Crippen LogP contribution in [-0.2, 0) is 6.42 Å². The molecule has 0 radical (unpaired) electrons. The van der Waals surface area contributed by atoms with Crippen LogP contribution in [0.3, 0.4) is 0 Å². The number of thiophene rings is 1. The van der Waals surface area contributed by atoms with E-state index in [1.54, 1.807) is 18.4 Å². The molecule has 102 valence electrons. The van der Waals surface area contributed by atoms with E-state index in [9.17, 15) is 0 Å². The second-order valence-corrected chi connectivity index (χ2v) is 6.70. The number of benzene rings is 1. The van der Waals surface area contributed by atoms with E-state index in [1.165, 1.54) is 15.3 Å². The van der Waals surface area contributed by atoms with Crippen molar-refractivity contribution in [1.82, 2.24) is 0 Å². The average Bonchev–Trinajstić information content (AvgIpc) is 2.75. The normalized spacial score (nSPS) is 12.4. The van der Waals surface area contributed by atoms with Crippen LogP contribution >= 0.6 is 27.3 Å². The number of nitrogens with two attached hydrogens (primary N) is 1. The van der Waals surface area contributed by atoms with Crippen molar-refractivity contribution >= 4 is 27.3 Å². The van der Waals surface area contributed by atoms with Gasteiger partial charge in [0, 0.05) is 20.3 Å². The van der Waals surface area contributed by atoms with Gasteiger partial charge in [0.2, 0.25) is 0 Å². The summed E-state index contributed by atoms with van der Waals surface area (Å²) in [5.41, 5.74) is 7.56. The quantitative estimate of drug-likeness (QED) is 0.872. The lowest BCUT2D eigenvalue weighted by atomic mass is 10.0. The van der Waals surface area contributed by atoms with Crippen molar-refractivity contribution < 1.29 is 4.74 Å². The van der Waals surface area contributed by atoms with Gasteiger partial charge in [-0.15, -0.1) is 11.3 Å². The van der Waals surface area contributed by atoms with Crippen LogP contribution in [0.25, 0.3) is 0 Å². The van der Waals surface area contributed by atoms with Gasteiger partial charge in [-0.05, 0) is 59.5 Å². The van der Waals surface area contributed by atoms with E-state index < -0.39 is 0 Å². The van der Waals surface area contributed by atoms with E-state index >= 15 is 0 Å². The predicted octanol–water partition coefficient (Wildman–Crippen LogP) is 4.46. The van der Waals surface area contributed by atoms with E-state index in [0.717, 1.165) is 23.1 Å². The number of ether oxygens (including phenoxy) is 1. The molecule has 0 amide bonds. The third kappa shape index (κ3) is 3.81. The molecule has 0 saturated heterocycles. The van der Waals surface area contributed by atoms with Crippen molar-refractivity contribution in [2.24, 2.45) is 5.73 Å².